The lowest BCUT2D eigenvalue weighted by Gasteiger charge is -2.37. The molecule has 0 radical (unpaired) electrons. The second-order valence-electron chi connectivity index (χ2n) is 4.85. The number of carbonyl (C=O) groups is 1. The van der Waals surface area contributed by atoms with E-state index in [1.807, 2.05) is 18.2 Å². The number of rotatable bonds is 3. The Balaban J connectivity index is 2.32. The molecule has 1 amide bonds. The normalized spacial score (nSPS) is 18.7. The molecule has 1 aromatic rings. The number of nitrogens with two attached hydrogens (primary N) is 1. The smallest absolute Gasteiger partial charge is 0.242 e. The molecule has 1 fully saturated rings. The number of piperidine rings is 1. The maximum atomic E-state index is 12.0. The molecule has 0 spiro atoms. The van der Waals surface area contributed by atoms with E-state index in [-0.39, 0.29) is 11.9 Å². The van der Waals surface area contributed by atoms with Crippen molar-refractivity contribution in [3.05, 3.63) is 28.2 Å². The van der Waals surface area contributed by atoms with E-state index in [2.05, 4.69) is 26.1 Å². The van der Waals surface area contributed by atoms with Gasteiger partial charge in [0.25, 0.3) is 0 Å². The van der Waals surface area contributed by atoms with Gasteiger partial charge in [-0.15, -0.1) is 0 Å². The van der Waals surface area contributed by atoms with Crippen molar-refractivity contribution in [3.8, 4) is 0 Å². The van der Waals surface area contributed by atoms with E-state index in [4.69, 9.17) is 18.0 Å². The number of nitrogens with one attached hydrogen (secondary N) is 1. The quantitative estimate of drug-likeness (QED) is 0.816. The second-order valence-corrected chi connectivity index (χ2v) is 6.14. The SMILES string of the molecule is CNC(=O)C1CCCCN1c1ccc(C(N)=S)cc1Br. The first-order valence-corrected chi connectivity index (χ1v) is 7.82. The fourth-order valence-corrected chi connectivity index (χ4v) is 3.29. The highest BCUT2D eigenvalue weighted by molar-refractivity contribution is 9.10. The summed E-state index contributed by atoms with van der Waals surface area (Å²) in [5.74, 6) is 0.0648. The van der Waals surface area contributed by atoms with Gasteiger partial charge in [-0.2, -0.15) is 0 Å². The maximum absolute atomic E-state index is 12.0. The number of hydrogen-bond donors (Lipinski definition) is 2. The Morgan fingerprint density at radius 2 is 2.25 bits per heavy atom. The fraction of sp³-hybridized carbons (Fsp3) is 0.429. The van der Waals surface area contributed by atoms with Crippen LogP contribution in [0.5, 0.6) is 0 Å². The summed E-state index contributed by atoms with van der Waals surface area (Å²) in [5, 5.41) is 2.75. The Labute approximate surface area is 132 Å². The van der Waals surface area contributed by atoms with E-state index in [1.165, 1.54) is 0 Å². The van der Waals surface area contributed by atoms with Crippen molar-refractivity contribution in [1.82, 2.24) is 5.32 Å². The van der Waals surface area contributed by atoms with Gasteiger partial charge in [0, 0.05) is 23.6 Å². The van der Waals surface area contributed by atoms with Gasteiger partial charge in [-0.25, -0.2) is 0 Å². The van der Waals surface area contributed by atoms with Crippen molar-refractivity contribution in [1.29, 1.82) is 0 Å². The molecule has 4 nitrogen and oxygen atoms in total. The number of nitrogens with zero attached hydrogens (tertiary/aromatic N) is 1. The van der Waals surface area contributed by atoms with Crippen LogP contribution in [0.25, 0.3) is 0 Å². The minimum absolute atomic E-state index is 0.0648. The Kier molecular flexibility index (Phi) is 4.99. The third-order valence-corrected chi connectivity index (χ3v) is 4.46. The van der Waals surface area contributed by atoms with E-state index in [9.17, 15) is 4.79 Å². The van der Waals surface area contributed by atoms with Gasteiger partial charge in [0.05, 0.1) is 5.69 Å². The first kappa shape index (κ1) is 15.3. The van der Waals surface area contributed by atoms with Crippen LogP contribution < -0.4 is 16.0 Å². The summed E-state index contributed by atoms with van der Waals surface area (Å²) in [5.41, 5.74) is 7.48. The van der Waals surface area contributed by atoms with Gasteiger partial charge in [-0.05, 0) is 53.4 Å². The van der Waals surface area contributed by atoms with Crippen LogP contribution in [-0.4, -0.2) is 30.5 Å². The number of benzene rings is 1. The zero-order chi connectivity index (χ0) is 14.7. The molecule has 1 aliphatic heterocycles. The van der Waals surface area contributed by atoms with Gasteiger partial charge >= 0.3 is 0 Å². The molecule has 0 aromatic heterocycles. The van der Waals surface area contributed by atoms with Gasteiger partial charge < -0.3 is 16.0 Å². The van der Waals surface area contributed by atoms with Gasteiger partial charge in [0.2, 0.25) is 5.91 Å². The average molecular weight is 356 g/mol. The largest absolute Gasteiger partial charge is 0.389 e. The topological polar surface area (TPSA) is 58.4 Å². The van der Waals surface area contributed by atoms with Crippen molar-refractivity contribution in [2.75, 3.05) is 18.5 Å². The van der Waals surface area contributed by atoms with Crippen molar-refractivity contribution in [2.24, 2.45) is 5.73 Å². The molecule has 20 heavy (non-hydrogen) atoms. The Morgan fingerprint density at radius 1 is 1.50 bits per heavy atom. The maximum Gasteiger partial charge on any atom is 0.242 e. The molecule has 0 bridgehead atoms. The summed E-state index contributed by atoms with van der Waals surface area (Å²) in [6.07, 6.45) is 3.05. The lowest BCUT2D eigenvalue weighted by atomic mass is 10.00. The summed E-state index contributed by atoms with van der Waals surface area (Å²) in [6, 6.07) is 5.67. The zero-order valence-electron chi connectivity index (χ0n) is 11.4. The third kappa shape index (κ3) is 3.12. The summed E-state index contributed by atoms with van der Waals surface area (Å²) < 4.78 is 0.915. The van der Waals surface area contributed by atoms with Gasteiger partial charge in [-0.1, -0.05) is 12.2 Å². The van der Waals surface area contributed by atoms with E-state index in [0.717, 1.165) is 41.5 Å². The number of likely N-dealkylation sites (N-methyl/N-ethyl adjacent to an activating group) is 1. The summed E-state index contributed by atoms with van der Waals surface area (Å²) >= 11 is 8.55. The first-order valence-electron chi connectivity index (χ1n) is 6.62. The molecule has 1 atom stereocenters. The Bertz CT molecular complexity index is 535. The van der Waals surface area contributed by atoms with Crippen LogP contribution in [0.2, 0.25) is 0 Å². The molecule has 0 saturated carbocycles. The number of halogens is 1. The Hall–Kier alpha value is -1.14. The summed E-state index contributed by atoms with van der Waals surface area (Å²) in [6.45, 7) is 0.878. The van der Waals surface area contributed by atoms with Crippen LogP contribution in [0, 0.1) is 0 Å². The van der Waals surface area contributed by atoms with Gasteiger partial charge in [0.1, 0.15) is 11.0 Å². The predicted octanol–water partition coefficient (Wildman–Crippen LogP) is 2.19. The van der Waals surface area contributed by atoms with Crippen LogP contribution >= 0.6 is 28.1 Å². The average Bonchev–Trinajstić information content (AvgIpc) is 2.46. The molecule has 2 rings (SSSR count). The lowest BCUT2D eigenvalue weighted by Crippen LogP contribution is -2.49. The molecular weight excluding hydrogens is 338 g/mol. The monoisotopic (exact) mass is 355 g/mol. The highest BCUT2D eigenvalue weighted by Gasteiger charge is 2.29. The van der Waals surface area contributed by atoms with E-state index in [1.54, 1.807) is 7.05 Å². The highest BCUT2D eigenvalue weighted by atomic mass is 79.9. The molecule has 108 valence electrons. The molecule has 1 unspecified atom stereocenters. The Morgan fingerprint density at radius 3 is 2.85 bits per heavy atom. The minimum Gasteiger partial charge on any atom is -0.389 e. The number of hydrogen-bond acceptors (Lipinski definition) is 3. The van der Waals surface area contributed by atoms with Crippen LogP contribution in [0.15, 0.2) is 22.7 Å². The predicted molar refractivity (Wildman–Crippen MR) is 89.1 cm³/mol. The minimum atomic E-state index is -0.110. The molecule has 1 saturated heterocycles. The van der Waals surface area contributed by atoms with E-state index < -0.39 is 0 Å². The van der Waals surface area contributed by atoms with Crippen LogP contribution in [0.3, 0.4) is 0 Å². The summed E-state index contributed by atoms with van der Waals surface area (Å²) in [4.78, 5) is 14.6. The molecular formula is C14H18BrN3OS. The highest BCUT2D eigenvalue weighted by Crippen LogP contribution is 2.32. The third-order valence-electron chi connectivity index (χ3n) is 3.59. The second kappa shape index (κ2) is 6.54. The standard InChI is InChI=1S/C14H18BrN3OS/c1-17-14(19)12-4-2-3-7-18(12)11-6-5-9(13(16)20)8-10(11)15/h5-6,8,12H,2-4,7H2,1H3,(H2,16,20)(H,17,19). The van der Waals surface area contributed by atoms with Crippen LogP contribution in [-0.2, 0) is 4.79 Å². The molecule has 0 aliphatic carbocycles. The van der Waals surface area contributed by atoms with Gasteiger partial charge in [0.15, 0.2) is 0 Å². The van der Waals surface area contributed by atoms with E-state index in [0.29, 0.717) is 4.99 Å². The van der Waals surface area contributed by atoms with Crippen molar-refractivity contribution in [2.45, 2.75) is 25.3 Å². The zero-order valence-corrected chi connectivity index (χ0v) is 13.8. The molecule has 3 N–H and O–H groups in total. The van der Waals surface area contributed by atoms with Crippen molar-refractivity contribution < 1.29 is 4.79 Å². The molecule has 6 heteroatoms. The first-order chi connectivity index (χ1) is 9.54. The lowest BCUT2D eigenvalue weighted by molar-refractivity contribution is -0.122. The van der Waals surface area contributed by atoms with Crippen molar-refractivity contribution in [3.63, 3.8) is 0 Å². The van der Waals surface area contributed by atoms with E-state index >= 15 is 0 Å². The number of amides is 1. The molecule has 1 heterocycles. The van der Waals surface area contributed by atoms with Gasteiger partial charge in [-0.3, -0.25) is 4.79 Å². The fourth-order valence-electron chi connectivity index (χ4n) is 2.55. The summed E-state index contributed by atoms with van der Waals surface area (Å²) in [7, 11) is 1.68. The number of carbonyl (C=O) groups excluding carboxylic acids is 1. The van der Waals surface area contributed by atoms with Crippen LogP contribution in [0.1, 0.15) is 24.8 Å². The number of anilines is 1. The number of thiocarbonyl (C=S) groups is 1. The molecule has 1 aromatic carbocycles. The van der Waals surface area contributed by atoms with Crippen molar-refractivity contribution >= 4 is 44.7 Å². The molecule has 1 aliphatic rings. The van der Waals surface area contributed by atoms with Crippen LogP contribution in [0.4, 0.5) is 5.69 Å².